The average molecular weight is 351 g/mol. The summed E-state index contributed by atoms with van der Waals surface area (Å²) in [6, 6.07) is 14.1. The van der Waals surface area contributed by atoms with E-state index in [1.165, 1.54) is 17.3 Å². The Morgan fingerprint density at radius 1 is 1.08 bits per heavy atom. The Labute approximate surface area is 152 Å². The van der Waals surface area contributed by atoms with E-state index in [-0.39, 0.29) is 5.91 Å². The monoisotopic (exact) mass is 351 g/mol. The molecule has 4 nitrogen and oxygen atoms in total. The lowest BCUT2D eigenvalue weighted by molar-refractivity contribution is -0.115. The van der Waals surface area contributed by atoms with Gasteiger partial charge in [0.1, 0.15) is 0 Å². The van der Waals surface area contributed by atoms with Crippen LogP contribution in [0.5, 0.6) is 0 Å². The maximum Gasteiger partial charge on any atom is 0.264 e. The lowest BCUT2D eigenvalue weighted by Crippen LogP contribution is -2.19. The van der Waals surface area contributed by atoms with Gasteiger partial charge in [-0.3, -0.25) is 4.79 Å². The van der Waals surface area contributed by atoms with Gasteiger partial charge in [0.25, 0.3) is 5.91 Å². The molecule has 0 saturated carbocycles. The minimum absolute atomic E-state index is 0.106. The van der Waals surface area contributed by atoms with Crippen LogP contribution in [-0.2, 0) is 4.79 Å². The molecule has 1 aliphatic heterocycles. The Balaban J connectivity index is 1.82. The molecule has 0 bridgehead atoms. The van der Waals surface area contributed by atoms with Gasteiger partial charge in [0.15, 0.2) is 5.17 Å². The van der Waals surface area contributed by atoms with Gasteiger partial charge in [0.2, 0.25) is 0 Å². The van der Waals surface area contributed by atoms with E-state index >= 15 is 0 Å². The van der Waals surface area contributed by atoms with Crippen LogP contribution in [-0.4, -0.2) is 25.2 Å². The number of rotatable bonds is 3. The number of hydrogen-bond acceptors (Lipinski definition) is 4. The molecule has 1 N–H and O–H groups in total. The Morgan fingerprint density at radius 2 is 1.80 bits per heavy atom. The molecule has 0 unspecified atom stereocenters. The summed E-state index contributed by atoms with van der Waals surface area (Å²) in [5, 5.41) is 3.47. The molecule has 128 valence electrons. The fourth-order valence-corrected chi connectivity index (χ4v) is 3.30. The van der Waals surface area contributed by atoms with Crippen molar-refractivity contribution < 1.29 is 4.79 Å². The summed E-state index contributed by atoms with van der Waals surface area (Å²) in [6.45, 7) is 4.10. The molecule has 0 aliphatic carbocycles. The normalized spacial score (nSPS) is 17.2. The fraction of sp³-hybridized carbons (Fsp3) is 0.200. The van der Waals surface area contributed by atoms with E-state index in [0.29, 0.717) is 10.1 Å². The Kier molecular flexibility index (Phi) is 4.95. The topological polar surface area (TPSA) is 44.7 Å². The molecule has 2 aromatic rings. The van der Waals surface area contributed by atoms with E-state index in [0.717, 1.165) is 22.5 Å². The summed E-state index contributed by atoms with van der Waals surface area (Å²) in [5.41, 5.74) is 5.33. The summed E-state index contributed by atoms with van der Waals surface area (Å²) in [7, 11) is 4.01. The highest BCUT2D eigenvalue weighted by Crippen LogP contribution is 2.30. The zero-order chi connectivity index (χ0) is 18.0. The third kappa shape index (κ3) is 3.94. The maximum atomic E-state index is 12.2. The molecule has 1 amide bonds. The SMILES string of the molecule is Cc1cccc(N=C2NC(=O)/C(=C/c3ccc(N(C)C)cc3)S2)c1C. The minimum atomic E-state index is -0.106. The molecule has 1 aliphatic rings. The van der Waals surface area contributed by atoms with Gasteiger partial charge in [-0.25, -0.2) is 4.99 Å². The van der Waals surface area contributed by atoms with E-state index in [4.69, 9.17) is 0 Å². The number of nitrogens with one attached hydrogen (secondary N) is 1. The quantitative estimate of drug-likeness (QED) is 0.840. The number of hydrogen-bond donors (Lipinski definition) is 1. The van der Waals surface area contributed by atoms with Crippen molar-refractivity contribution in [1.29, 1.82) is 0 Å². The van der Waals surface area contributed by atoms with Crippen LogP contribution >= 0.6 is 11.8 Å². The van der Waals surface area contributed by atoms with Crippen LogP contribution < -0.4 is 10.2 Å². The average Bonchev–Trinajstić information content (AvgIpc) is 2.92. The zero-order valence-electron chi connectivity index (χ0n) is 14.8. The van der Waals surface area contributed by atoms with Crippen molar-refractivity contribution in [2.24, 2.45) is 4.99 Å². The smallest absolute Gasteiger partial charge is 0.264 e. The van der Waals surface area contributed by atoms with Gasteiger partial charge >= 0.3 is 0 Å². The van der Waals surface area contributed by atoms with Crippen LogP contribution in [0.1, 0.15) is 16.7 Å². The van der Waals surface area contributed by atoms with Gasteiger partial charge in [-0.05, 0) is 66.6 Å². The third-order valence-corrected chi connectivity index (χ3v) is 5.07. The second-order valence-corrected chi connectivity index (χ2v) is 7.22. The van der Waals surface area contributed by atoms with Crippen LogP contribution in [0.2, 0.25) is 0 Å². The largest absolute Gasteiger partial charge is 0.378 e. The first-order chi connectivity index (χ1) is 11.9. The summed E-state index contributed by atoms with van der Waals surface area (Å²) >= 11 is 1.37. The summed E-state index contributed by atoms with van der Waals surface area (Å²) in [4.78, 5) is 19.5. The summed E-state index contributed by atoms with van der Waals surface area (Å²) < 4.78 is 0. The third-order valence-electron chi connectivity index (χ3n) is 4.16. The number of amidine groups is 1. The molecule has 0 aromatic heterocycles. The second kappa shape index (κ2) is 7.15. The minimum Gasteiger partial charge on any atom is -0.378 e. The van der Waals surface area contributed by atoms with Gasteiger partial charge in [0.05, 0.1) is 10.6 Å². The van der Waals surface area contributed by atoms with Gasteiger partial charge in [0, 0.05) is 19.8 Å². The molecule has 0 atom stereocenters. The van der Waals surface area contributed by atoms with Crippen molar-refractivity contribution >= 4 is 40.3 Å². The van der Waals surface area contributed by atoms with Crippen molar-refractivity contribution in [2.75, 3.05) is 19.0 Å². The lowest BCUT2D eigenvalue weighted by Gasteiger charge is -2.11. The molecule has 1 saturated heterocycles. The number of aliphatic imine (C=N–C) groups is 1. The number of thioether (sulfide) groups is 1. The van der Waals surface area contributed by atoms with Crippen molar-refractivity contribution in [3.63, 3.8) is 0 Å². The van der Waals surface area contributed by atoms with Crippen LogP contribution in [0.15, 0.2) is 52.4 Å². The molecule has 0 spiro atoms. The van der Waals surface area contributed by atoms with Crippen molar-refractivity contribution in [3.05, 3.63) is 64.1 Å². The Hall–Kier alpha value is -2.53. The van der Waals surface area contributed by atoms with Crippen molar-refractivity contribution in [3.8, 4) is 0 Å². The van der Waals surface area contributed by atoms with E-state index < -0.39 is 0 Å². The Morgan fingerprint density at radius 3 is 2.48 bits per heavy atom. The number of nitrogens with zero attached hydrogens (tertiary/aromatic N) is 2. The van der Waals surface area contributed by atoms with Crippen LogP contribution in [0.4, 0.5) is 11.4 Å². The molecule has 1 fully saturated rings. The van der Waals surface area contributed by atoms with E-state index in [9.17, 15) is 4.79 Å². The number of carbonyl (C=O) groups excluding carboxylic acids is 1. The van der Waals surface area contributed by atoms with Gasteiger partial charge in [-0.15, -0.1) is 0 Å². The Bertz CT molecular complexity index is 867. The van der Waals surface area contributed by atoms with Crippen molar-refractivity contribution in [2.45, 2.75) is 13.8 Å². The number of carbonyl (C=O) groups is 1. The molecular formula is C20H21N3OS. The fourth-order valence-electron chi connectivity index (χ4n) is 2.47. The standard InChI is InChI=1S/C20H21N3OS/c1-13-6-5-7-17(14(13)2)21-20-22-19(24)18(25-20)12-15-8-10-16(11-9-15)23(3)4/h5-12H,1-4H3,(H,21,22,24)/b18-12-. The van der Waals surface area contributed by atoms with E-state index in [1.807, 2.05) is 68.4 Å². The predicted molar refractivity (Wildman–Crippen MR) is 107 cm³/mol. The molecule has 0 radical (unpaired) electrons. The van der Waals surface area contributed by atoms with E-state index in [2.05, 4.69) is 23.3 Å². The second-order valence-electron chi connectivity index (χ2n) is 6.19. The summed E-state index contributed by atoms with van der Waals surface area (Å²) in [5.74, 6) is -0.106. The molecule has 25 heavy (non-hydrogen) atoms. The molecule has 5 heteroatoms. The highest BCUT2D eigenvalue weighted by molar-refractivity contribution is 8.18. The van der Waals surface area contributed by atoms with Gasteiger partial charge in [-0.2, -0.15) is 0 Å². The number of benzene rings is 2. The predicted octanol–water partition coefficient (Wildman–Crippen LogP) is 4.26. The van der Waals surface area contributed by atoms with Gasteiger partial charge < -0.3 is 10.2 Å². The highest BCUT2D eigenvalue weighted by Gasteiger charge is 2.24. The van der Waals surface area contributed by atoms with E-state index in [1.54, 1.807) is 0 Å². The number of anilines is 1. The molecular weight excluding hydrogens is 330 g/mol. The highest BCUT2D eigenvalue weighted by atomic mass is 32.2. The number of aryl methyl sites for hydroxylation is 1. The van der Waals surface area contributed by atoms with Crippen molar-refractivity contribution in [1.82, 2.24) is 5.32 Å². The first-order valence-electron chi connectivity index (χ1n) is 8.07. The van der Waals surface area contributed by atoms with Gasteiger partial charge in [-0.1, -0.05) is 24.3 Å². The first kappa shape index (κ1) is 17.3. The number of amides is 1. The molecule has 2 aromatic carbocycles. The lowest BCUT2D eigenvalue weighted by atomic mass is 10.1. The van der Waals surface area contributed by atoms with Crippen LogP contribution in [0, 0.1) is 13.8 Å². The molecule has 1 heterocycles. The van der Waals surface area contributed by atoms with Crippen LogP contribution in [0.25, 0.3) is 6.08 Å². The maximum absolute atomic E-state index is 12.2. The zero-order valence-corrected chi connectivity index (χ0v) is 15.6. The molecule has 3 rings (SSSR count). The van der Waals surface area contributed by atoms with Crippen LogP contribution in [0.3, 0.4) is 0 Å². The summed E-state index contributed by atoms with van der Waals surface area (Å²) in [6.07, 6.45) is 1.89. The first-order valence-corrected chi connectivity index (χ1v) is 8.89.